The molecular formula is C7H17BINO. The lowest BCUT2D eigenvalue weighted by atomic mass is 10.0. The van der Waals surface area contributed by atoms with Gasteiger partial charge in [-0.1, -0.05) is 20.3 Å². The fourth-order valence-corrected chi connectivity index (χ4v) is 1.33. The first-order chi connectivity index (χ1) is 5.22. The summed E-state index contributed by atoms with van der Waals surface area (Å²) in [6, 6.07) is 0. The number of aliphatic hydroxyl groups is 1. The first-order valence-corrected chi connectivity index (χ1v) is 5.72. The van der Waals surface area contributed by atoms with Crippen LogP contribution in [0.5, 0.6) is 0 Å². The minimum atomic E-state index is -0.315. The van der Waals surface area contributed by atoms with Crippen LogP contribution in [0.15, 0.2) is 0 Å². The van der Waals surface area contributed by atoms with Crippen molar-refractivity contribution in [2.45, 2.75) is 32.9 Å². The number of halogens is 1. The standard InChI is InChI=1S/C7H17BINO/c1-3-4-6(2)7(11)10-5-8-9/h6-8,10-11H,3-5H2,1-2H3/t6?,7-/m1/s1. The van der Waals surface area contributed by atoms with E-state index >= 15 is 0 Å². The highest BCUT2D eigenvalue weighted by atomic mass is 127. The van der Waals surface area contributed by atoms with Gasteiger partial charge in [0.25, 0.3) is 0 Å². The molecule has 0 spiro atoms. The molecule has 0 saturated carbocycles. The van der Waals surface area contributed by atoms with Gasteiger partial charge in [0.05, 0.1) is 0 Å². The van der Waals surface area contributed by atoms with Crippen LogP contribution in [0.25, 0.3) is 0 Å². The maximum Gasteiger partial charge on any atom is 0.214 e. The van der Waals surface area contributed by atoms with Crippen LogP contribution in [-0.2, 0) is 0 Å². The Kier molecular flexibility index (Phi) is 7.85. The average Bonchev–Trinajstić information content (AvgIpc) is 2.00. The lowest BCUT2D eigenvalue weighted by Gasteiger charge is -2.18. The molecule has 11 heavy (non-hydrogen) atoms. The van der Waals surface area contributed by atoms with Crippen molar-refractivity contribution in [3.63, 3.8) is 0 Å². The van der Waals surface area contributed by atoms with E-state index in [4.69, 9.17) is 0 Å². The summed E-state index contributed by atoms with van der Waals surface area (Å²) in [6.07, 6.45) is 2.82. The predicted octanol–water partition coefficient (Wildman–Crippen LogP) is 1.07. The molecular weight excluding hydrogens is 252 g/mol. The fourth-order valence-electron chi connectivity index (χ4n) is 1.02. The first kappa shape index (κ1) is 11.7. The van der Waals surface area contributed by atoms with Gasteiger partial charge in [0.2, 0.25) is 5.14 Å². The molecule has 0 heterocycles. The molecule has 0 saturated heterocycles. The van der Waals surface area contributed by atoms with E-state index in [1.54, 1.807) is 0 Å². The van der Waals surface area contributed by atoms with E-state index in [-0.39, 0.29) is 6.23 Å². The topological polar surface area (TPSA) is 32.3 Å². The summed E-state index contributed by atoms with van der Waals surface area (Å²) in [5, 5.41) is 13.6. The minimum Gasteiger partial charge on any atom is -0.378 e. The largest absolute Gasteiger partial charge is 0.378 e. The molecule has 0 bridgehead atoms. The summed E-state index contributed by atoms with van der Waals surface area (Å²) in [5.41, 5.74) is 0. The Labute approximate surface area is 83.3 Å². The molecule has 66 valence electrons. The quantitative estimate of drug-likeness (QED) is 0.429. The number of aliphatic hydroxyl groups excluding tert-OH is 1. The van der Waals surface area contributed by atoms with E-state index < -0.39 is 0 Å². The van der Waals surface area contributed by atoms with Crippen molar-refractivity contribution in [1.29, 1.82) is 0 Å². The maximum atomic E-state index is 9.47. The molecule has 0 aromatic carbocycles. The molecule has 0 aliphatic carbocycles. The molecule has 0 rings (SSSR count). The van der Waals surface area contributed by atoms with E-state index in [1.165, 1.54) is 0 Å². The van der Waals surface area contributed by atoms with Gasteiger partial charge in [-0.3, -0.25) is 5.32 Å². The summed E-state index contributed by atoms with van der Waals surface area (Å²) < 4.78 is 0. The summed E-state index contributed by atoms with van der Waals surface area (Å²) >= 11 is 2.29. The van der Waals surface area contributed by atoms with E-state index in [2.05, 4.69) is 41.5 Å². The van der Waals surface area contributed by atoms with Crippen LogP contribution in [0.4, 0.5) is 0 Å². The summed E-state index contributed by atoms with van der Waals surface area (Å²) in [6.45, 7) is 4.22. The monoisotopic (exact) mass is 269 g/mol. The zero-order chi connectivity index (χ0) is 8.69. The molecule has 0 aromatic rings. The zero-order valence-electron chi connectivity index (χ0n) is 7.31. The van der Waals surface area contributed by atoms with Crippen molar-refractivity contribution in [1.82, 2.24) is 5.32 Å². The van der Waals surface area contributed by atoms with E-state index in [1.807, 2.05) is 0 Å². The highest BCUT2D eigenvalue weighted by Crippen LogP contribution is 2.07. The van der Waals surface area contributed by atoms with Crippen LogP contribution in [0.3, 0.4) is 0 Å². The lowest BCUT2D eigenvalue weighted by molar-refractivity contribution is 0.0839. The zero-order valence-corrected chi connectivity index (χ0v) is 9.47. The average molecular weight is 269 g/mol. The maximum absolute atomic E-state index is 9.47. The van der Waals surface area contributed by atoms with Gasteiger partial charge in [-0.05, 0) is 18.8 Å². The highest BCUT2D eigenvalue weighted by molar-refractivity contribution is 14.1. The summed E-state index contributed by atoms with van der Waals surface area (Å²) in [4.78, 5) is 0. The molecule has 4 heteroatoms. The second-order valence-electron chi connectivity index (χ2n) is 2.85. The Morgan fingerprint density at radius 1 is 1.64 bits per heavy atom. The van der Waals surface area contributed by atoms with Gasteiger partial charge in [-0.15, -0.1) is 0 Å². The molecule has 0 aliphatic heterocycles. The first-order valence-electron chi connectivity index (χ1n) is 4.19. The number of hydrogen-bond donors (Lipinski definition) is 2. The smallest absolute Gasteiger partial charge is 0.214 e. The Balaban J connectivity index is 3.38. The number of hydrogen-bond acceptors (Lipinski definition) is 2. The van der Waals surface area contributed by atoms with Crippen molar-refractivity contribution >= 4 is 27.5 Å². The van der Waals surface area contributed by atoms with Crippen LogP contribution in [0.1, 0.15) is 26.7 Å². The molecule has 1 unspecified atom stereocenters. The molecule has 0 fully saturated rings. The van der Waals surface area contributed by atoms with Crippen LogP contribution in [0, 0.1) is 5.92 Å². The van der Waals surface area contributed by atoms with Gasteiger partial charge in [0.1, 0.15) is 6.23 Å². The third kappa shape index (κ3) is 5.93. The Hall–Kier alpha value is 0.715. The van der Waals surface area contributed by atoms with Crippen molar-refractivity contribution in [3.05, 3.63) is 0 Å². The Morgan fingerprint density at radius 3 is 2.73 bits per heavy atom. The molecule has 2 N–H and O–H groups in total. The van der Waals surface area contributed by atoms with Gasteiger partial charge in [-0.25, -0.2) is 0 Å². The van der Waals surface area contributed by atoms with E-state index in [0.717, 1.165) is 24.4 Å². The minimum absolute atomic E-state index is 0.315. The normalized spacial score (nSPS) is 16.0. The Morgan fingerprint density at radius 2 is 2.27 bits per heavy atom. The molecule has 2 atom stereocenters. The van der Waals surface area contributed by atoms with Crippen LogP contribution >= 0.6 is 22.4 Å². The number of nitrogens with one attached hydrogen (secondary N) is 1. The van der Waals surface area contributed by atoms with Crippen LogP contribution < -0.4 is 5.32 Å². The Bertz CT molecular complexity index is 94.5. The fraction of sp³-hybridized carbons (Fsp3) is 1.00. The van der Waals surface area contributed by atoms with Gasteiger partial charge >= 0.3 is 0 Å². The van der Waals surface area contributed by atoms with Gasteiger partial charge in [0.15, 0.2) is 0 Å². The molecule has 0 amide bonds. The van der Waals surface area contributed by atoms with Crippen molar-refractivity contribution < 1.29 is 5.11 Å². The summed E-state index contributed by atoms with van der Waals surface area (Å²) in [5.74, 6) is 0.378. The third-order valence-electron chi connectivity index (χ3n) is 1.73. The lowest BCUT2D eigenvalue weighted by Crippen LogP contribution is -2.36. The van der Waals surface area contributed by atoms with Gasteiger partial charge in [-0.2, -0.15) is 22.4 Å². The number of rotatable bonds is 6. The summed E-state index contributed by atoms with van der Waals surface area (Å²) in [7, 11) is 0. The molecule has 0 aliphatic rings. The van der Waals surface area contributed by atoms with E-state index in [0.29, 0.717) is 5.92 Å². The van der Waals surface area contributed by atoms with Crippen molar-refractivity contribution in [3.8, 4) is 0 Å². The van der Waals surface area contributed by atoms with Crippen LogP contribution in [0.2, 0.25) is 0 Å². The third-order valence-corrected chi connectivity index (χ3v) is 2.27. The van der Waals surface area contributed by atoms with E-state index in [9.17, 15) is 5.11 Å². The SMILES string of the molecule is CCCC(C)[C@@H](O)NCBI. The second kappa shape index (κ2) is 7.37. The highest BCUT2D eigenvalue weighted by Gasteiger charge is 2.11. The second-order valence-corrected chi connectivity index (χ2v) is 3.93. The van der Waals surface area contributed by atoms with Gasteiger partial charge < -0.3 is 5.11 Å². The van der Waals surface area contributed by atoms with Crippen molar-refractivity contribution in [2.75, 3.05) is 6.44 Å². The van der Waals surface area contributed by atoms with Crippen LogP contribution in [-0.4, -0.2) is 22.9 Å². The molecule has 0 radical (unpaired) electrons. The van der Waals surface area contributed by atoms with Gasteiger partial charge in [0, 0.05) is 0 Å². The van der Waals surface area contributed by atoms with Crippen molar-refractivity contribution in [2.24, 2.45) is 5.92 Å². The molecule has 2 nitrogen and oxygen atoms in total. The predicted molar refractivity (Wildman–Crippen MR) is 59.3 cm³/mol. The molecule has 0 aromatic heterocycles.